The van der Waals surface area contributed by atoms with Crippen molar-refractivity contribution >= 4 is 54.4 Å². The highest BCUT2D eigenvalue weighted by Gasteiger charge is 2.11. The van der Waals surface area contributed by atoms with E-state index in [1.54, 1.807) is 0 Å². The first-order valence-corrected chi connectivity index (χ1v) is 8.22. The molecule has 0 unspecified atom stereocenters. The van der Waals surface area contributed by atoms with Crippen LogP contribution in [0.3, 0.4) is 0 Å². The van der Waals surface area contributed by atoms with Gasteiger partial charge in [-0.05, 0) is 41.1 Å². The van der Waals surface area contributed by atoms with Crippen LogP contribution in [0.2, 0.25) is 0 Å². The van der Waals surface area contributed by atoms with Gasteiger partial charge in [0.25, 0.3) is 0 Å². The highest BCUT2D eigenvalue weighted by atomic mass is 14.7. The average Bonchev–Trinajstić information content (AvgIpc) is 3.17. The van der Waals surface area contributed by atoms with Crippen molar-refractivity contribution in [1.82, 2.24) is 9.97 Å². The van der Waals surface area contributed by atoms with Crippen molar-refractivity contribution in [2.24, 2.45) is 0 Å². The summed E-state index contributed by atoms with van der Waals surface area (Å²) in [6.45, 7) is 0. The van der Waals surface area contributed by atoms with Crippen molar-refractivity contribution in [3.63, 3.8) is 0 Å². The summed E-state index contributed by atoms with van der Waals surface area (Å²) in [4.78, 5) is 7.08. The highest BCUT2D eigenvalue weighted by molar-refractivity contribution is 6.23. The Balaban J connectivity index is 1.90. The second-order valence-corrected chi connectivity index (χ2v) is 6.45. The Labute approximate surface area is 137 Å². The van der Waals surface area contributed by atoms with Crippen molar-refractivity contribution in [3.8, 4) is 0 Å². The summed E-state index contributed by atoms with van der Waals surface area (Å²) < 4.78 is 0. The molecule has 0 atom stereocenters. The number of H-pyrrole nitrogens is 2. The Morgan fingerprint density at radius 2 is 1.17 bits per heavy atom. The van der Waals surface area contributed by atoms with Gasteiger partial charge in [0, 0.05) is 43.6 Å². The van der Waals surface area contributed by atoms with E-state index in [1.165, 1.54) is 54.4 Å². The van der Waals surface area contributed by atoms with E-state index in [1.807, 2.05) is 0 Å². The van der Waals surface area contributed by atoms with Crippen molar-refractivity contribution < 1.29 is 0 Å². The molecule has 2 heteroatoms. The largest absolute Gasteiger partial charge is 0.354 e. The van der Waals surface area contributed by atoms with Crippen LogP contribution in [0.1, 0.15) is 0 Å². The van der Waals surface area contributed by atoms with E-state index in [0.29, 0.717) is 0 Å². The van der Waals surface area contributed by atoms with Crippen LogP contribution in [0, 0.1) is 0 Å². The predicted molar refractivity (Wildman–Crippen MR) is 103 cm³/mol. The zero-order valence-corrected chi connectivity index (χ0v) is 12.9. The fraction of sp³-hybridized carbons (Fsp3) is 0. The van der Waals surface area contributed by atoms with Crippen molar-refractivity contribution in [1.29, 1.82) is 0 Å². The summed E-state index contributed by atoms with van der Waals surface area (Å²) >= 11 is 0. The Morgan fingerprint density at radius 1 is 0.458 bits per heavy atom. The molecule has 2 heterocycles. The molecule has 2 N–H and O–H groups in total. The lowest BCUT2D eigenvalue weighted by Crippen LogP contribution is -1.76. The molecule has 0 saturated heterocycles. The zero-order valence-electron chi connectivity index (χ0n) is 12.9. The minimum atomic E-state index is 1.19. The van der Waals surface area contributed by atoms with E-state index < -0.39 is 0 Å². The fourth-order valence-corrected chi connectivity index (χ4v) is 4.02. The van der Waals surface area contributed by atoms with Crippen molar-refractivity contribution in [3.05, 3.63) is 72.8 Å². The molecule has 6 aromatic rings. The van der Waals surface area contributed by atoms with Gasteiger partial charge in [-0.15, -0.1) is 0 Å². The van der Waals surface area contributed by atoms with E-state index >= 15 is 0 Å². The maximum Gasteiger partial charge on any atom is 0.0471 e. The number of nitrogens with one attached hydrogen (secondary N) is 2. The summed E-state index contributed by atoms with van der Waals surface area (Å²) in [5.41, 5.74) is 4.78. The predicted octanol–water partition coefficient (Wildman–Crippen LogP) is 6.11. The van der Waals surface area contributed by atoms with E-state index in [9.17, 15) is 0 Å². The molecule has 6 rings (SSSR count). The monoisotopic (exact) mass is 306 g/mol. The molecule has 0 aliphatic carbocycles. The molecule has 0 saturated carbocycles. The van der Waals surface area contributed by atoms with Crippen LogP contribution < -0.4 is 0 Å². The second kappa shape index (κ2) is 4.18. The van der Waals surface area contributed by atoms with Crippen LogP contribution in [0.4, 0.5) is 0 Å². The van der Waals surface area contributed by atoms with Gasteiger partial charge in [0.1, 0.15) is 0 Å². The minimum absolute atomic E-state index is 1.19. The van der Waals surface area contributed by atoms with Crippen LogP contribution >= 0.6 is 0 Å². The summed E-state index contributed by atoms with van der Waals surface area (Å²) in [6, 6.07) is 26.1. The van der Waals surface area contributed by atoms with Crippen molar-refractivity contribution in [2.75, 3.05) is 0 Å². The molecular weight excluding hydrogens is 292 g/mol. The van der Waals surface area contributed by atoms with Gasteiger partial charge >= 0.3 is 0 Å². The van der Waals surface area contributed by atoms with Gasteiger partial charge in [-0.3, -0.25) is 0 Å². The Morgan fingerprint density at radius 3 is 2.04 bits per heavy atom. The number of benzene rings is 4. The lowest BCUT2D eigenvalue weighted by Gasteiger charge is -2.02. The van der Waals surface area contributed by atoms with Gasteiger partial charge < -0.3 is 9.97 Å². The van der Waals surface area contributed by atoms with E-state index in [-0.39, 0.29) is 0 Å². The number of aromatic amines is 2. The number of fused-ring (bicyclic) bond motifs is 8. The first kappa shape index (κ1) is 12.2. The molecule has 112 valence electrons. The lowest BCUT2D eigenvalue weighted by molar-refractivity contribution is 1.55. The molecule has 24 heavy (non-hydrogen) atoms. The summed E-state index contributed by atoms with van der Waals surface area (Å²) in [5.74, 6) is 0. The molecule has 2 nitrogen and oxygen atoms in total. The van der Waals surface area contributed by atoms with Gasteiger partial charge in [-0.1, -0.05) is 42.5 Å². The van der Waals surface area contributed by atoms with Crippen LogP contribution in [0.5, 0.6) is 0 Å². The lowest BCUT2D eigenvalue weighted by atomic mass is 10.0. The van der Waals surface area contributed by atoms with E-state index in [4.69, 9.17) is 0 Å². The number of para-hydroxylation sites is 2. The third-order valence-corrected chi connectivity index (χ3v) is 5.11. The molecule has 0 aliphatic rings. The van der Waals surface area contributed by atoms with Crippen LogP contribution in [-0.2, 0) is 0 Å². The number of rotatable bonds is 0. The van der Waals surface area contributed by atoms with Gasteiger partial charge in [-0.25, -0.2) is 0 Å². The van der Waals surface area contributed by atoms with Gasteiger partial charge in [0.05, 0.1) is 0 Å². The SMILES string of the molecule is c1ccc2c(c1)[nH]c1cc3ccc4[nH]c5ccccc5c4c3cc12. The topological polar surface area (TPSA) is 31.6 Å². The smallest absolute Gasteiger partial charge is 0.0471 e. The van der Waals surface area contributed by atoms with Gasteiger partial charge in [0.2, 0.25) is 0 Å². The molecule has 0 spiro atoms. The molecular formula is C22H14N2. The maximum atomic E-state index is 3.54. The Kier molecular flexibility index (Phi) is 2.12. The number of aromatic nitrogens is 2. The Hall–Kier alpha value is -3.26. The molecule has 4 aromatic carbocycles. The van der Waals surface area contributed by atoms with Crippen molar-refractivity contribution in [2.45, 2.75) is 0 Å². The third kappa shape index (κ3) is 1.45. The highest BCUT2D eigenvalue weighted by Crippen LogP contribution is 2.36. The quantitative estimate of drug-likeness (QED) is 0.339. The normalized spacial score (nSPS) is 12.2. The molecule has 0 aliphatic heterocycles. The second-order valence-electron chi connectivity index (χ2n) is 6.45. The van der Waals surface area contributed by atoms with Gasteiger partial charge in [0.15, 0.2) is 0 Å². The Bertz CT molecular complexity index is 1400. The van der Waals surface area contributed by atoms with Gasteiger partial charge in [-0.2, -0.15) is 0 Å². The molecule has 0 bridgehead atoms. The summed E-state index contributed by atoms with van der Waals surface area (Å²) in [5, 5.41) is 7.75. The number of hydrogen-bond acceptors (Lipinski definition) is 0. The molecule has 0 amide bonds. The third-order valence-electron chi connectivity index (χ3n) is 5.11. The zero-order chi connectivity index (χ0) is 15.7. The van der Waals surface area contributed by atoms with E-state index in [2.05, 4.69) is 82.8 Å². The molecule has 0 fully saturated rings. The van der Waals surface area contributed by atoms with Crippen LogP contribution in [-0.4, -0.2) is 9.97 Å². The number of hydrogen-bond donors (Lipinski definition) is 2. The first-order chi connectivity index (χ1) is 11.9. The fourth-order valence-electron chi connectivity index (χ4n) is 4.02. The first-order valence-electron chi connectivity index (χ1n) is 8.22. The maximum absolute atomic E-state index is 3.54. The van der Waals surface area contributed by atoms with Crippen LogP contribution in [0.25, 0.3) is 54.4 Å². The van der Waals surface area contributed by atoms with E-state index in [0.717, 1.165) is 0 Å². The summed E-state index contributed by atoms with van der Waals surface area (Å²) in [6.07, 6.45) is 0. The standard InChI is InChI=1S/C22H14N2/c1-3-7-18-14(5-1)17-12-16-13(11-21(17)24-18)9-10-20-22(16)15-6-2-4-8-19(15)23-20/h1-12,23-24H. The summed E-state index contributed by atoms with van der Waals surface area (Å²) in [7, 11) is 0. The van der Waals surface area contributed by atoms with Crippen LogP contribution in [0.15, 0.2) is 72.8 Å². The molecule has 2 aromatic heterocycles. The molecule has 0 radical (unpaired) electrons. The average molecular weight is 306 g/mol. The minimum Gasteiger partial charge on any atom is -0.354 e.